The van der Waals surface area contributed by atoms with Crippen molar-refractivity contribution in [3.05, 3.63) is 5.69 Å². The first-order valence-electron chi connectivity index (χ1n) is 6.18. The number of anilines is 1. The lowest BCUT2D eigenvalue weighted by molar-refractivity contribution is -0.0440. The van der Waals surface area contributed by atoms with Gasteiger partial charge in [0.25, 0.3) is 0 Å². The van der Waals surface area contributed by atoms with E-state index in [1.165, 1.54) is 8.99 Å². The molecule has 8 heteroatoms. The highest BCUT2D eigenvalue weighted by atomic mass is 32.2. The van der Waals surface area contributed by atoms with Gasteiger partial charge in [-0.25, -0.2) is 8.42 Å². The molecule has 1 fully saturated rings. The highest BCUT2D eigenvalue weighted by Crippen LogP contribution is 2.27. The molecule has 1 aliphatic heterocycles. The molecule has 2 atom stereocenters. The first-order chi connectivity index (χ1) is 8.73. The van der Waals surface area contributed by atoms with Crippen molar-refractivity contribution < 1.29 is 13.2 Å². The largest absolute Gasteiger partial charge is 0.381 e. The normalized spacial score (nSPS) is 25.7. The van der Waals surface area contributed by atoms with Crippen LogP contribution in [0.1, 0.15) is 19.5 Å². The Bertz CT molecular complexity index is 571. The fraction of sp³-hybridized carbons (Fsp3) is 0.727. The van der Waals surface area contributed by atoms with Gasteiger partial charge in [-0.05, 0) is 20.8 Å². The van der Waals surface area contributed by atoms with E-state index in [1.54, 1.807) is 14.0 Å². The number of hydrogen-bond donors (Lipinski definition) is 1. The van der Waals surface area contributed by atoms with E-state index < -0.39 is 10.0 Å². The maximum absolute atomic E-state index is 12.7. The molecule has 0 unspecified atom stereocenters. The van der Waals surface area contributed by atoms with Gasteiger partial charge in [-0.3, -0.25) is 4.68 Å². The predicted molar refractivity (Wildman–Crippen MR) is 71.1 cm³/mol. The second kappa shape index (κ2) is 4.77. The summed E-state index contributed by atoms with van der Waals surface area (Å²) in [6.07, 6.45) is -0.256. The Morgan fingerprint density at radius 1 is 1.32 bits per heavy atom. The Balaban J connectivity index is 2.42. The van der Waals surface area contributed by atoms with Gasteiger partial charge in [0.05, 0.1) is 17.9 Å². The quantitative estimate of drug-likeness (QED) is 0.834. The molecule has 2 rings (SSSR count). The van der Waals surface area contributed by atoms with Crippen LogP contribution in [-0.4, -0.2) is 47.8 Å². The van der Waals surface area contributed by atoms with Gasteiger partial charge in [0.2, 0.25) is 10.0 Å². The molecule has 7 nitrogen and oxygen atoms in total. The number of ether oxygens (including phenoxy) is 1. The summed E-state index contributed by atoms with van der Waals surface area (Å²) in [6.45, 7) is 6.08. The van der Waals surface area contributed by atoms with E-state index in [0.29, 0.717) is 18.8 Å². The zero-order valence-corrected chi connectivity index (χ0v) is 12.4. The molecule has 0 aliphatic carbocycles. The van der Waals surface area contributed by atoms with Crippen molar-refractivity contribution in [3.63, 3.8) is 0 Å². The molecule has 19 heavy (non-hydrogen) atoms. The van der Waals surface area contributed by atoms with Crippen LogP contribution in [-0.2, 0) is 21.8 Å². The van der Waals surface area contributed by atoms with Gasteiger partial charge < -0.3 is 10.5 Å². The number of nitrogen functional groups attached to an aromatic ring is 1. The van der Waals surface area contributed by atoms with Crippen LogP contribution < -0.4 is 5.73 Å². The summed E-state index contributed by atoms with van der Waals surface area (Å²) in [6, 6.07) is 0. The van der Waals surface area contributed by atoms with E-state index in [2.05, 4.69) is 5.10 Å². The van der Waals surface area contributed by atoms with E-state index in [0.717, 1.165) is 0 Å². The molecule has 1 saturated heterocycles. The van der Waals surface area contributed by atoms with Crippen LogP contribution in [0.5, 0.6) is 0 Å². The fourth-order valence-corrected chi connectivity index (χ4v) is 4.27. The Kier molecular flexibility index (Phi) is 3.59. The van der Waals surface area contributed by atoms with Crippen LogP contribution in [0.3, 0.4) is 0 Å². The number of hydrogen-bond acceptors (Lipinski definition) is 5. The lowest BCUT2D eigenvalue weighted by Gasteiger charge is -2.34. The number of aromatic nitrogens is 2. The molecule has 1 aliphatic rings. The molecule has 1 aromatic rings. The number of rotatable bonds is 2. The summed E-state index contributed by atoms with van der Waals surface area (Å²) in [4.78, 5) is 0.108. The number of morpholine rings is 1. The highest BCUT2D eigenvalue weighted by molar-refractivity contribution is 7.89. The first-order valence-corrected chi connectivity index (χ1v) is 7.62. The minimum Gasteiger partial charge on any atom is -0.381 e. The lowest BCUT2D eigenvalue weighted by Crippen LogP contribution is -2.48. The molecule has 108 valence electrons. The third-order valence-electron chi connectivity index (χ3n) is 3.29. The van der Waals surface area contributed by atoms with Crippen LogP contribution >= 0.6 is 0 Å². The van der Waals surface area contributed by atoms with Crippen LogP contribution in [0, 0.1) is 6.92 Å². The summed E-state index contributed by atoms with van der Waals surface area (Å²) in [5.41, 5.74) is 6.28. The van der Waals surface area contributed by atoms with Gasteiger partial charge in [-0.15, -0.1) is 0 Å². The maximum atomic E-state index is 12.7. The summed E-state index contributed by atoms with van der Waals surface area (Å²) < 4.78 is 33.8. The molecule has 0 amide bonds. The van der Waals surface area contributed by atoms with E-state index in [9.17, 15) is 8.42 Å². The average Bonchev–Trinajstić information content (AvgIpc) is 2.51. The van der Waals surface area contributed by atoms with Crippen molar-refractivity contribution in [1.29, 1.82) is 0 Å². The van der Waals surface area contributed by atoms with Crippen molar-refractivity contribution in [2.75, 3.05) is 18.8 Å². The average molecular weight is 288 g/mol. The Morgan fingerprint density at radius 3 is 2.26 bits per heavy atom. The lowest BCUT2D eigenvalue weighted by atomic mass is 10.3. The van der Waals surface area contributed by atoms with E-state index in [-0.39, 0.29) is 22.9 Å². The van der Waals surface area contributed by atoms with Crippen LogP contribution in [0.2, 0.25) is 0 Å². The van der Waals surface area contributed by atoms with Gasteiger partial charge in [0.1, 0.15) is 4.90 Å². The van der Waals surface area contributed by atoms with E-state index >= 15 is 0 Å². The van der Waals surface area contributed by atoms with Crippen LogP contribution in [0.25, 0.3) is 0 Å². The topological polar surface area (TPSA) is 90.4 Å². The summed E-state index contributed by atoms with van der Waals surface area (Å²) in [5, 5.41) is 3.97. The minimum absolute atomic E-state index is 0.0480. The Hall–Kier alpha value is -1.12. The standard InChI is InChI=1S/C11H20N4O3S/c1-7-5-15(6-8(2)18-7)19(16,17)10-9(3)14(4)13-11(10)12/h7-8H,5-6H2,1-4H3,(H2,12,13)/t7-,8+. The van der Waals surface area contributed by atoms with Gasteiger partial charge in [0, 0.05) is 20.1 Å². The van der Waals surface area contributed by atoms with E-state index in [4.69, 9.17) is 10.5 Å². The van der Waals surface area contributed by atoms with Crippen molar-refractivity contribution in [3.8, 4) is 0 Å². The monoisotopic (exact) mass is 288 g/mol. The summed E-state index contributed by atoms with van der Waals surface area (Å²) in [5.74, 6) is 0.0480. The zero-order chi connectivity index (χ0) is 14.4. The first kappa shape index (κ1) is 14.3. The van der Waals surface area contributed by atoms with E-state index in [1.807, 2.05) is 13.8 Å². The molecule has 2 N–H and O–H groups in total. The van der Waals surface area contributed by atoms with Crippen molar-refractivity contribution >= 4 is 15.8 Å². The van der Waals surface area contributed by atoms with Crippen molar-refractivity contribution in [2.24, 2.45) is 7.05 Å². The predicted octanol–water partition coefficient (Wildman–Crippen LogP) is 0.109. The number of aryl methyl sites for hydroxylation is 1. The van der Waals surface area contributed by atoms with Gasteiger partial charge in [-0.1, -0.05) is 0 Å². The Morgan fingerprint density at radius 2 is 1.84 bits per heavy atom. The smallest absolute Gasteiger partial charge is 0.248 e. The molecule has 0 aromatic carbocycles. The molecule has 0 spiro atoms. The Labute approximate surface area is 113 Å². The second-order valence-electron chi connectivity index (χ2n) is 5.00. The summed E-state index contributed by atoms with van der Waals surface area (Å²) in [7, 11) is -1.95. The van der Waals surface area contributed by atoms with Crippen LogP contribution in [0.4, 0.5) is 5.82 Å². The third-order valence-corrected chi connectivity index (χ3v) is 5.29. The van der Waals surface area contributed by atoms with Crippen molar-refractivity contribution in [1.82, 2.24) is 14.1 Å². The SMILES string of the molecule is Cc1c(S(=O)(=O)N2C[C@@H](C)O[C@@H](C)C2)c(N)nn1C. The number of nitrogens with two attached hydrogens (primary N) is 1. The van der Waals surface area contributed by atoms with Gasteiger partial charge in [0.15, 0.2) is 5.82 Å². The fourth-order valence-electron chi connectivity index (χ4n) is 2.39. The zero-order valence-electron chi connectivity index (χ0n) is 11.6. The molecular formula is C11H20N4O3S. The van der Waals surface area contributed by atoms with Crippen LogP contribution in [0.15, 0.2) is 4.90 Å². The van der Waals surface area contributed by atoms with Crippen molar-refractivity contribution in [2.45, 2.75) is 37.9 Å². The molecule has 0 bridgehead atoms. The number of sulfonamides is 1. The molecule has 2 heterocycles. The van der Waals surface area contributed by atoms with Gasteiger partial charge in [-0.2, -0.15) is 9.40 Å². The maximum Gasteiger partial charge on any atom is 0.248 e. The summed E-state index contributed by atoms with van der Waals surface area (Å²) >= 11 is 0. The molecule has 1 aromatic heterocycles. The highest BCUT2D eigenvalue weighted by Gasteiger charge is 2.35. The molecule has 0 saturated carbocycles. The minimum atomic E-state index is -3.62. The third kappa shape index (κ3) is 2.47. The number of nitrogens with zero attached hydrogens (tertiary/aromatic N) is 3. The molecule has 0 radical (unpaired) electrons. The molecular weight excluding hydrogens is 268 g/mol. The second-order valence-corrected chi connectivity index (χ2v) is 6.88. The van der Waals surface area contributed by atoms with Gasteiger partial charge >= 0.3 is 0 Å².